The van der Waals surface area contributed by atoms with E-state index in [4.69, 9.17) is 4.74 Å². The standard InChI is InChI=1S/C13H16BrNO/c1-4-5-8-15-10(2)11-6-7-13(16-3)12(14)9-11/h6-7,9-10,15H,8H2,1-3H3. The van der Waals surface area contributed by atoms with Crippen LogP contribution in [0.25, 0.3) is 0 Å². The normalized spacial score (nSPS) is 11.5. The second-order valence-electron chi connectivity index (χ2n) is 3.42. The molecule has 0 aliphatic heterocycles. The number of hydrogen-bond donors (Lipinski definition) is 1. The number of ether oxygens (including phenoxy) is 1. The lowest BCUT2D eigenvalue weighted by atomic mass is 10.1. The van der Waals surface area contributed by atoms with Crippen molar-refractivity contribution in [2.24, 2.45) is 0 Å². The van der Waals surface area contributed by atoms with Gasteiger partial charge in [-0.05, 0) is 47.5 Å². The predicted octanol–water partition coefficient (Wildman–Crippen LogP) is 3.13. The summed E-state index contributed by atoms with van der Waals surface area (Å²) >= 11 is 3.48. The summed E-state index contributed by atoms with van der Waals surface area (Å²) in [6.07, 6.45) is 0. The SMILES string of the molecule is CC#CCNC(C)c1ccc(OC)c(Br)c1. The molecule has 0 aliphatic rings. The third-order valence-electron chi connectivity index (χ3n) is 2.35. The minimum absolute atomic E-state index is 0.281. The molecular formula is C13H16BrNO. The highest BCUT2D eigenvalue weighted by molar-refractivity contribution is 9.10. The lowest BCUT2D eigenvalue weighted by molar-refractivity contribution is 0.411. The highest BCUT2D eigenvalue weighted by atomic mass is 79.9. The Morgan fingerprint density at radius 2 is 2.25 bits per heavy atom. The smallest absolute Gasteiger partial charge is 0.133 e. The van der Waals surface area contributed by atoms with Gasteiger partial charge < -0.3 is 4.74 Å². The molecule has 0 saturated carbocycles. The Kier molecular flexibility index (Phi) is 5.37. The van der Waals surface area contributed by atoms with Gasteiger partial charge in [0.05, 0.1) is 18.1 Å². The van der Waals surface area contributed by atoms with E-state index in [0.717, 1.165) is 10.2 Å². The molecule has 1 aromatic carbocycles. The first-order valence-electron chi connectivity index (χ1n) is 5.15. The molecule has 0 heterocycles. The Morgan fingerprint density at radius 3 is 2.81 bits per heavy atom. The Balaban J connectivity index is 2.71. The van der Waals surface area contributed by atoms with E-state index in [-0.39, 0.29) is 6.04 Å². The van der Waals surface area contributed by atoms with Crippen LogP contribution in [0.4, 0.5) is 0 Å². The van der Waals surface area contributed by atoms with Crippen LogP contribution >= 0.6 is 15.9 Å². The predicted molar refractivity (Wildman–Crippen MR) is 70.6 cm³/mol. The monoisotopic (exact) mass is 281 g/mol. The van der Waals surface area contributed by atoms with Crippen LogP contribution in [0.3, 0.4) is 0 Å². The minimum Gasteiger partial charge on any atom is -0.496 e. The maximum atomic E-state index is 5.19. The van der Waals surface area contributed by atoms with Crippen molar-refractivity contribution in [3.63, 3.8) is 0 Å². The van der Waals surface area contributed by atoms with Crippen molar-refractivity contribution < 1.29 is 4.74 Å². The summed E-state index contributed by atoms with van der Waals surface area (Å²) in [6.45, 7) is 4.67. The van der Waals surface area contributed by atoms with Gasteiger partial charge in [0, 0.05) is 6.04 Å². The van der Waals surface area contributed by atoms with Crippen molar-refractivity contribution in [3.8, 4) is 17.6 Å². The summed E-state index contributed by atoms with van der Waals surface area (Å²) in [5.74, 6) is 6.70. The van der Waals surface area contributed by atoms with Gasteiger partial charge in [-0.3, -0.25) is 5.32 Å². The van der Waals surface area contributed by atoms with E-state index in [1.165, 1.54) is 5.56 Å². The topological polar surface area (TPSA) is 21.3 Å². The first-order chi connectivity index (χ1) is 7.69. The quantitative estimate of drug-likeness (QED) is 0.857. The molecule has 1 aromatic rings. The van der Waals surface area contributed by atoms with E-state index in [1.807, 2.05) is 13.0 Å². The zero-order valence-corrected chi connectivity index (χ0v) is 11.4. The average molecular weight is 282 g/mol. The summed E-state index contributed by atoms with van der Waals surface area (Å²) in [5.41, 5.74) is 1.21. The van der Waals surface area contributed by atoms with E-state index in [1.54, 1.807) is 7.11 Å². The first kappa shape index (κ1) is 13.1. The van der Waals surface area contributed by atoms with Crippen LogP contribution in [0.2, 0.25) is 0 Å². The van der Waals surface area contributed by atoms with Gasteiger partial charge in [-0.1, -0.05) is 12.0 Å². The van der Waals surface area contributed by atoms with Crippen LogP contribution in [-0.4, -0.2) is 13.7 Å². The van der Waals surface area contributed by atoms with Crippen LogP contribution in [0.5, 0.6) is 5.75 Å². The van der Waals surface area contributed by atoms with Gasteiger partial charge in [0.1, 0.15) is 5.75 Å². The molecule has 86 valence electrons. The lowest BCUT2D eigenvalue weighted by Gasteiger charge is -2.13. The molecule has 0 fully saturated rings. The maximum Gasteiger partial charge on any atom is 0.133 e. The Bertz CT molecular complexity index is 406. The third-order valence-corrected chi connectivity index (χ3v) is 2.97. The van der Waals surface area contributed by atoms with Gasteiger partial charge in [0.15, 0.2) is 0 Å². The molecular weight excluding hydrogens is 266 g/mol. The van der Waals surface area contributed by atoms with Gasteiger partial charge in [-0.25, -0.2) is 0 Å². The van der Waals surface area contributed by atoms with Crippen molar-refractivity contribution >= 4 is 15.9 Å². The molecule has 3 heteroatoms. The Morgan fingerprint density at radius 1 is 1.50 bits per heavy atom. The van der Waals surface area contributed by atoms with Gasteiger partial charge in [-0.15, -0.1) is 5.92 Å². The third kappa shape index (κ3) is 3.55. The number of methoxy groups -OCH3 is 1. The molecule has 1 N–H and O–H groups in total. The highest BCUT2D eigenvalue weighted by Gasteiger charge is 2.06. The first-order valence-corrected chi connectivity index (χ1v) is 5.94. The van der Waals surface area contributed by atoms with Crippen molar-refractivity contribution in [3.05, 3.63) is 28.2 Å². The van der Waals surface area contributed by atoms with Gasteiger partial charge >= 0.3 is 0 Å². The van der Waals surface area contributed by atoms with E-state index in [0.29, 0.717) is 6.54 Å². The molecule has 0 aliphatic carbocycles. The van der Waals surface area contributed by atoms with E-state index >= 15 is 0 Å². The molecule has 0 saturated heterocycles. The number of benzene rings is 1. The number of hydrogen-bond acceptors (Lipinski definition) is 2. The average Bonchev–Trinajstić information content (AvgIpc) is 2.29. The molecule has 1 rings (SSSR count). The second kappa shape index (κ2) is 6.57. The van der Waals surface area contributed by atoms with E-state index in [9.17, 15) is 0 Å². The fraction of sp³-hybridized carbons (Fsp3) is 0.385. The highest BCUT2D eigenvalue weighted by Crippen LogP contribution is 2.27. The fourth-order valence-corrected chi connectivity index (χ4v) is 1.92. The number of rotatable bonds is 4. The van der Waals surface area contributed by atoms with Gasteiger partial charge in [0.2, 0.25) is 0 Å². The Labute approximate surface area is 106 Å². The lowest BCUT2D eigenvalue weighted by Crippen LogP contribution is -2.18. The molecule has 16 heavy (non-hydrogen) atoms. The molecule has 0 spiro atoms. The zero-order chi connectivity index (χ0) is 12.0. The molecule has 0 amide bonds. The van der Waals surface area contributed by atoms with Crippen LogP contribution in [0.1, 0.15) is 25.5 Å². The van der Waals surface area contributed by atoms with Crippen molar-refractivity contribution in [1.29, 1.82) is 0 Å². The molecule has 2 nitrogen and oxygen atoms in total. The number of nitrogens with one attached hydrogen (secondary N) is 1. The minimum atomic E-state index is 0.281. The zero-order valence-electron chi connectivity index (χ0n) is 9.80. The summed E-state index contributed by atoms with van der Waals surface area (Å²) in [6, 6.07) is 6.36. The van der Waals surface area contributed by atoms with Crippen molar-refractivity contribution in [2.45, 2.75) is 19.9 Å². The van der Waals surface area contributed by atoms with Crippen molar-refractivity contribution in [1.82, 2.24) is 5.32 Å². The second-order valence-corrected chi connectivity index (χ2v) is 4.28. The summed E-state index contributed by atoms with van der Waals surface area (Å²) in [7, 11) is 1.66. The molecule has 0 aromatic heterocycles. The van der Waals surface area contributed by atoms with Crippen molar-refractivity contribution in [2.75, 3.05) is 13.7 Å². The van der Waals surface area contributed by atoms with E-state index < -0.39 is 0 Å². The number of halogens is 1. The Hall–Kier alpha value is -0.980. The van der Waals surface area contributed by atoms with Gasteiger partial charge in [0.25, 0.3) is 0 Å². The van der Waals surface area contributed by atoms with Gasteiger partial charge in [-0.2, -0.15) is 0 Å². The van der Waals surface area contributed by atoms with Crippen LogP contribution in [0, 0.1) is 11.8 Å². The molecule has 0 bridgehead atoms. The van der Waals surface area contributed by atoms with Crippen LogP contribution < -0.4 is 10.1 Å². The fourth-order valence-electron chi connectivity index (χ4n) is 1.36. The maximum absolute atomic E-state index is 5.19. The summed E-state index contributed by atoms with van der Waals surface area (Å²) in [5, 5.41) is 3.33. The largest absolute Gasteiger partial charge is 0.496 e. The molecule has 1 atom stereocenters. The van der Waals surface area contributed by atoms with E-state index in [2.05, 4.69) is 52.1 Å². The molecule has 0 radical (unpaired) electrons. The van der Waals surface area contributed by atoms with Crippen LogP contribution in [-0.2, 0) is 0 Å². The van der Waals surface area contributed by atoms with Crippen LogP contribution in [0.15, 0.2) is 22.7 Å². The molecule has 1 unspecified atom stereocenters. The summed E-state index contributed by atoms with van der Waals surface area (Å²) < 4.78 is 6.16. The summed E-state index contributed by atoms with van der Waals surface area (Å²) in [4.78, 5) is 0.